The van der Waals surface area contributed by atoms with Crippen LogP contribution in [0.1, 0.15) is 31.1 Å². The molecule has 1 rings (SSSR count). The minimum absolute atomic E-state index is 0.283. The Bertz CT molecular complexity index is 235. The first kappa shape index (κ1) is 12.1. The van der Waals surface area contributed by atoms with Crippen molar-refractivity contribution in [2.45, 2.75) is 26.9 Å². The summed E-state index contributed by atoms with van der Waals surface area (Å²) in [7, 11) is 0. The highest BCUT2D eigenvalue weighted by molar-refractivity contribution is 5.27. The zero-order valence-electron chi connectivity index (χ0n) is 8.62. The van der Waals surface area contributed by atoms with E-state index in [1.807, 2.05) is 45.0 Å². The Morgan fingerprint density at radius 2 is 1.85 bits per heavy atom. The highest BCUT2D eigenvalue weighted by atomic mass is 16.3. The number of hydrogen-bond donors (Lipinski definition) is 2. The molecule has 1 atom stereocenters. The normalized spacial score (nSPS) is 11.5. The van der Waals surface area contributed by atoms with Gasteiger partial charge >= 0.3 is 0 Å². The molecule has 0 spiro atoms. The van der Waals surface area contributed by atoms with Crippen LogP contribution in [0.25, 0.3) is 0 Å². The zero-order chi connectivity index (χ0) is 10.3. The fourth-order valence-corrected chi connectivity index (χ4v) is 1.09. The van der Waals surface area contributed by atoms with Crippen LogP contribution in [0, 0.1) is 6.92 Å². The van der Waals surface area contributed by atoms with Crippen molar-refractivity contribution in [3.8, 4) is 0 Å². The molecule has 1 aromatic rings. The number of rotatable bonds is 2. The van der Waals surface area contributed by atoms with Crippen molar-refractivity contribution in [1.82, 2.24) is 0 Å². The van der Waals surface area contributed by atoms with Crippen molar-refractivity contribution < 1.29 is 5.11 Å². The Hall–Kier alpha value is -0.860. The van der Waals surface area contributed by atoms with Gasteiger partial charge in [-0.1, -0.05) is 38.1 Å². The Morgan fingerprint density at radius 3 is 2.31 bits per heavy atom. The van der Waals surface area contributed by atoms with Gasteiger partial charge < -0.3 is 10.8 Å². The van der Waals surface area contributed by atoms with Crippen molar-refractivity contribution >= 4 is 0 Å². The topological polar surface area (TPSA) is 46.2 Å². The highest BCUT2D eigenvalue weighted by Gasteiger charge is 2.05. The van der Waals surface area contributed by atoms with Gasteiger partial charge in [0.25, 0.3) is 0 Å². The summed E-state index contributed by atoms with van der Waals surface area (Å²) >= 11 is 0. The quantitative estimate of drug-likeness (QED) is 0.733. The fourth-order valence-electron chi connectivity index (χ4n) is 1.09. The minimum Gasteiger partial charge on any atom is -0.387 e. The second-order valence-electron chi connectivity index (χ2n) is 2.61. The van der Waals surface area contributed by atoms with E-state index < -0.39 is 6.10 Å². The van der Waals surface area contributed by atoms with Crippen molar-refractivity contribution in [1.29, 1.82) is 0 Å². The van der Waals surface area contributed by atoms with E-state index in [0.29, 0.717) is 0 Å². The Labute approximate surface area is 80.4 Å². The Kier molecular flexibility index (Phi) is 6.20. The lowest BCUT2D eigenvalue weighted by atomic mass is 10.0. The fraction of sp³-hybridized carbons (Fsp3) is 0.455. The first-order valence-electron chi connectivity index (χ1n) is 4.69. The van der Waals surface area contributed by atoms with Crippen LogP contribution in [0.5, 0.6) is 0 Å². The number of hydrogen-bond acceptors (Lipinski definition) is 2. The lowest BCUT2D eigenvalue weighted by Crippen LogP contribution is -2.12. The first-order chi connectivity index (χ1) is 6.25. The van der Waals surface area contributed by atoms with Gasteiger partial charge in [-0.3, -0.25) is 0 Å². The molecule has 1 aromatic carbocycles. The first-order valence-corrected chi connectivity index (χ1v) is 4.69. The molecule has 0 aliphatic carbocycles. The maximum atomic E-state index is 9.39. The number of aliphatic hydroxyl groups is 1. The molecule has 2 heteroatoms. The van der Waals surface area contributed by atoms with Crippen molar-refractivity contribution in [3.05, 3.63) is 35.4 Å². The molecule has 0 saturated carbocycles. The van der Waals surface area contributed by atoms with E-state index in [9.17, 15) is 5.11 Å². The van der Waals surface area contributed by atoms with Gasteiger partial charge in [0.15, 0.2) is 0 Å². The number of aliphatic hydroxyl groups excluding tert-OH is 1. The number of nitrogens with two attached hydrogens (primary N) is 1. The Balaban J connectivity index is 0.000000671. The third-order valence-electron chi connectivity index (χ3n) is 1.77. The van der Waals surface area contributed by atoms with Crippen LogP contribution < -0.4 is 5.73 Å². The number of benzene rings is 1. The van der Waals surface area contributed by atoms with Crippen LogP contribution in [-0.4, -0.2) is 11.7 Å². The van der Waals surface area contributed by atoms with Crippen LogP contribution >= 0.6 is 0 Å². The molecule has 13 heavy (non-hydrogen) atoms. The van der Waals surface area contributed by atoms with Gasteiger partial charge in [-0.15, -0.1) is 0 Å². The summed E-state index contributed by atoms with van der Waals surface area (Å²) in [6.07, 6.45) is -0.517. The largest absolute Gasteiger partial charge is 0.387 e. The monoisotopic (exact) mass is 181 g/mol. The summed E-state index contributed by atoms with van der Waals surface area (Å²) < 4.78 is 0. The molecule has 1 unspecified atom stereocenters. The standard InChI is InChI=1S/C9H13NO.C2H6/c1-7-4-2-3-5-8(7)9(11)6-10;1-2/h2-5,9,11H,6,10H2,1H3;1-2H3. The smallest absolute Gasteiger partial charge is 0.0914 e. The minimum atomic E-state index is -0.517. The van der Waals surface area contributed by atoms with E-state index in [4.69, 9.17) is 5.73 Å². The molecule has 0 radical (unpaired) electrons. The summed E-state index contributed by atoms with van der Waals surface area (Å²) in [5, 5.41) is 9.39. The predicted molar refractivity (Wildman–Crippen MR) is 56.5 cm³/mol. The Morgan fingerprint density at radius 1 is 1.31 bits per heavy atom. The van der Waals surface area contributed by atoms with E-state index in [1.165, 1.54) is 0 Å². The van der Waals surface area contributed by atoms with Gasteiger partial charge in [-0.05, 0) is 18.1 Å². The van der Waals surface area contributed by atoms with Crippen LogP contribution in [0.15, 0.2) is 24.3 Å². The molecule has 0 fully saturated rings. The van der Waals surface area contributed by atoms with E-state index in [2.05, 4.69) is 0 Å². The molecule has 0 bridgehead atoms. The molecule has 0 aliphatic rings. The third kappa shape index (κ3) is 3.57. The third-order valence-corrected chi connectivity index (χ3v) is 1.77. The van der Waals surface area contributed by atoms with E-state index >= 15 is 0 Å². The maximum absolute atomic E-state index is 9.39. The average molecular weight is 181 g/mol. The zero-order valence-corrected chi connectivity index (χ0v) is 8.62. The van der Waals surface area contributed by atoms with Crippen LogP contribution in [0.4, 0.5) is 0 Å². The van der Waals surface area contributed by atoms with Crippen LogP contribution in [-0.2, 0) is 0 Å². The van der Waals surface area contributed by atoms with Crippen molar-refractivity contribution in [2.75, 3.05) is 6.54 Å². The SMILES string of the molecule is CC.Cc1ccccc1C(O)CN. The van der Waals surface area contributed by atoms with Crippen molar-refractivity contribution in [3.63, 3.8) is 0 Å². The summed E-state index contributed by atoms with van der Waals surface area (Å²) in [6.45, 7) is 6.25. The van der Waals surface area contributed by atoms with Crippen molar-refractivity contribution in [2.24, 2.45) is 5.73 Å². The molecule has 74 valence electrons. The lowest BCUT2D eigenvalue weighted by Gasteiger charge is -2.10. The maximum Gasteiger partial charge on any atom is 0.0914 e. The molecular weight excluding hydrogens is 162 g/mol. The molecule has 0 aromatic heterocycles. The molecule has 3 N–H and O–H groups in total. The summed E-state index contributed by atoms with van der Waals surface area (Å²) in [5.41, 5.74) is 7.34. The molecule has 0 amide bonds. The predicted octanol–water partition coefficient (Wildman–Crippen LogP) is 2.01. The molecule has 0 aliphatic heterocycles. The van der Waals surface area contributed by atoms with Gasteiger partial charge in [0.2, 0.25) is 0 Å². The van der Waals surface area contributed by atoms with E-state index in [0.717, 1.165) is 11.1 Å². The summed E-state index contributed by atoms with van der Waals surface area (Å²) in [5.74, 6) is 0. The van der Waals surface area contributed by atoms with Crippen LogP contribution in [0.2, 0.25) is 0 Å². The summed E-state index contributed by atoms with van der Waals surface area (Å²) in [4.78, 5) is 0. The van der Waals surface area contributed by atoms with Gasteiger partial charge in [0, 0.05) is 6.54 Å². The number of aryl methyl sites for hydroxylation is 1. The van der Waals surface area contributed by atoms with Gasteiger partial charge in [0.1, 0.15) is 0 Å². The molecular formula is C11H19NO. The lowest BCUT2D eigenvalue weighted by molar-refractivity contribution is 0.186. The summed E-state index contributed by atoms with van der Waals surface area (Å²) in [6, 6.07) is 7.71. The van der Waals surface area contributed by atoms with Crippen LogP contribution in [0.3, 0.4) is 0 Å². The van der Waals surface area contributed by atoms with Gasteiger partial charge in [-0.2, -0.15) is 0 Å². The van der Waals surface area contributed by atoms with E-state index in [-0.39, 0.29) is 6.54 Å². The van der Waals surface area contributed by atoms with E-state index in [1.54, 1.807) is 0 Å². The second-order valence-corrected chi connectivity index (χ2v) is 2.61. The molecule has 0 heterocycles. The second kappa shape index (κ2) is 6.63. The average Bonchev–Trinajstić information content (AvgIpc) is 2.20. The highest BCUT2D eigenvalue weighted by Crippen LogP contribution is 2.15. The van der Waals surface area contributed by atoms with Gasteiger partial charge in [0.05, 0.1) is 6.10 Å². The molecule has 0 saturated heterocycles. The van der Waals surface area contributed by atoms with Gasteiger partial charge in [-0.25, -0.2) is 0 Å². The molecule has 2 nitrogen and oxygen atoms in total.